The number of aliphatic carboxylic acids is 1. The maximum Gasteiger partial charge on any atom is 0.303 e. The number of hydrogen-bond acceptors (Lipinski definition) is 4. The minimum Gasteiger partial charge on any atom is -0.481 e. The summed E-state index contributed by atoms with van der Waals surface area (Å²) < 4.78 is 0. The Morgan fingerprint density at radius 3 is 1.91 bits per heavy atom. The summed E-state index contributed by atoms with van der Waals surface area (Å²) in [5.74, 6) is -0.670. The average Bonchev–Trinajstić information content (AvgIpc) is 2.35. The molecule has 0 spiro atoms. The Morgan fingerprint density at radius 2 is 1.50 bits per heavy atom. The van der Waals surface area contributed by atoms with Gasteiger partial charge in [-0.05, 0) is 47.0 Å². The molecule has 1 fully saturated rings. The van der Waals surface area contributed by atoms with Gasteiger partial charge in [0.2, 0.25) is 0 Å². The smallest absolute Gasteiger partial charge is 0.303 e. The first-order valence-corrected chi connectivity index (χ1v) is 8.42. The molecule has 1 saturated heterocycles. The van der Waals surface area contributed by atoms with E-state index < -0.39 is 5.97 Å². The molecule has 22 heavy (non-hydrogen) atoms. The van der Waals surface area contributed by atoms with Gasteiger partial charge in [-0.2, -0.15) is 5.06 Å². The molecule has 0 atom stereocenters. The first-order valence-electron chi connectivity index (χ1n) is 8.42. The maximum absolute atomic E-state index is 10.0. The Hall–Kier alpha value is -0.650. The monoisotopic (exact) mass is 317 g/mol. The van der Waals surface area contributed by atoms with E-state index in [1.54, 1.807) is 0 Å². The van der Waals surface area contributed by atoms with E-state index in [-0.39, 0.29) is 17.2 Å². The van der Waals surface area contributed by atoms with E-state index in [9.17, 15) is 15.1 Å². The lowest BCUT2D eigenvalue weighted by atomic mass is 9.80. The van der Waals surface area contributed by atoms with Crippen LogP contribution in [0.3, 0.4) is 0 Å². The maximum atomic E-state index is 10.0. The predicted octanol–water partition coefficient (Wildman–Crippen LogP) is 3.82. The van der Waals surface area contributed by atoms with Gasteiger partial charge < -0.3 is 15.4 Å². The van der Waals surface area contributed by atoms with Gasteiger partial charge in [-0.25, -0.2) is 0 Å². The zero-order chi connectivity index (χ0) is 17.4. The van der Waals surface area contributed by atoms with Crippen LogP contribution in [-0.4, -0.2) is 43.6 Å². The number of rotatable bonds is 6. The third kappa shape index (κ3) is 8.11. The Kier molecular flexibility index (Phi) is 9.20. The van der Waals surface area contributed by atoms with Crippen LogP contribution in [0, 0.1) is 0 Å². The van der Waals surface area contributed by atoms with Crippen LogP contribution in [0.5, 0.6) is 0 Å². The van der Waals surface area contributed by atoms with Crippen molar-refractivity contribution >= 4 is 5.97 Å². The molecular formula is C17H35NO4. The molecule has 0 aromatic rings. The highest BCUT2D eigenvalue weighted by atomic mass is 16.5. The van der Waals surface area contributed by atoms with Gasteiger partial charge >= 0.3 is 5.97 Å². The van der Waals surface area contributed by atoms with Crippen molar-refractivity contribution in [3.8, 4) is 0 Å². The molecule has 0 amide bonds. The zero-order valence-corrected chi connectivity index (χ0v) is 14.9. The molecule has 5 nitrogen and oxygen atoms in total. The van der Waals surface area contributed by atoms with E-state index >= 15 is 0 Å². The topological polar surface area (TPSA) is 81.0 Å². The fraction of sp³-hybridized carbons (Fsp3) is 0.941. The highest BCUT2D eigenvalue weighted by molar-refractivity contribution is 5.66. The number of aliphatic hydroxyl groups is 1. The summed E-state index contributed by atoms with van der Waals surface area (Å²) in [7, 11) is 0. The number of carbonyl (C=O) groups is 1. The van der Waals surface area contributed by atoms with Gasteiger partial charge in [-0.1, -0.05) is 32.6 Å². The van der Waals surface area contributed by atoms with Crippen LogP contribution in [0.25, 0.3) is 0 Å². The van der Waals surface area contributed by atoms with E-state index in [1.807, 2.05) is 27.7 Å². The second-order valence-corrected chi connectivity index (χ2v) is 7.56. The quantitative estimate of drug-likeness (QED) is 0.649. The largest absolute Gasteiger partial charge is 0.481 e. The summed E-state index contributed by atoms with van der Waals surface area (Å²) in [5, 5.41) is 29.0. The van der Waals surface area contributed by atoms with Crippen LogP contribution in [0.15, 0.2) is 0 Å². The van der Waals surface area contributed by atoms with Crippen LogP contribution in [-0.2, 0) is 4.79 Å². The van der Waals surface area contributed by atoms with E-state index in [4.69, 9.17) is 5.11 Å². The normalized spacial score (nSPS) is 21.0. The molecule has 0 aromatic carbocycles. The predicted molar refractivity (Wildman–Crippen MR) is 88.0 cm³/mol. The number of aliphatic hydroxyl groups excluding tert-OH is 1. The number of unbranched alkanes of at least 4 members (excludes halogenated alkanes) is 4. The summed E-state index contributed by atoms with van der Waals surface area (Å²) >= 11 is 0. The number of hydrogen-bond donors (Lipinski definition) is 3. The second-order valence-electron chi connectivity index (χ2n) is 7.56. The van der Waals surface area contributed by atoms with Crippen molar-refractivity contribution in [1.29, 1.82) is 0 Å². The van der Waals surface area contributed by atoms with Gasteiger partial charge in [0, 0.05) is 17.5 Å². The van der Waals surface area contributed by atoms with Crippen LogP contribution < -0.4 is 0 Å². The van der Waals surface area contributed by atoms with E-state index in [0.717, 1.165) is 12.8 Å². The lowest BCUT2D eigenvalue weighted by Crippen LogP contribution is -2.60. The standard InChI is InChI=1S/C9H19NO2.C8H16O2/c1-8(2)5-7(11)6-9(3,4)10(8)12;1-2-3-4-5-6-7-8(9)10/h7,11-12H,5-6H2,1-4H3;2-7H2,1H3,(H,9,10). The fourth-order valence-corrected chi connectivity index (χ4v) is 3.10. The highest BCUT2D eigenvalue weighted by Gasteiger charge is 2.44. The van der Waals surface area contributed by atoms with Crippen LogP contribution in [0.1, 0.15) is 86.0 Å². The van der Waals surface area contributed by atoms with Gasteiger partial charge in [0.25, 0.3) is 0 Å². The lowest BCUT2D eigenvalue weighted by molar-refractivity contribution is -0.257. The number of piperidine rings is 1. The third-order valence-corrected chi connectivity index (χ3v) is 4.11. The van der Waals surface area contributed by atoms with E-state index in [0.29, 0.717) is 19.3 Å². The molecule has 0 bridgehead atoms. The van der Waals surface area contributed by atoms with Gasteiger partial charge in [-0.3, -0.25) is 4.79 Å². The van der Waals surface area contributed by atoms with Gasteiger partial charge in [0.05, 0.1) is 6.10 Å². The molecule has 3 N–H and O–H groups in total. The minimum absolute atomic E-state index is 0.293. The SMILES string of the molecule is CC1(C)CC(O)CC(C)(C)N1O.CCCCCCCC(=O)O. The summed E-state index contributed by atoms with van der Waals surface area (Å²) in [4.78, 5) is 10.0. The van der Waals surface area contributed by atoms with Crippen molar-refractivity contribution in [3.05, 3.63) is 0 Å². The molecule has 132 valence electrons. The fourth-order valence-electron chi connectivity index (χ4n) is 3.10. The number of nitrogens with zero attached hydrogens (tertiary/aromatic N) is 1. The second kappa shape index (κ2) is 9.48. The molecule has 0 radical (unpaired) electrons. The van der Waals surface area contributed by atoms with Crippen molar-refractivity contribution in [2.45, 2.75) is 103 Å². The number of carboxylic acid groups (broad SMARTS) is 1. The van der Waals surface area contributed by atoms with E-state index in [1.165, 1.54) is 24.3 Å². The van der Waals surface area contributed by atoms with Crippen molar-refractivity contribution in [1.82, 2.24) is 5.06 Å². The van der Waals surface area contributed by atoms with Crippen molar-refractivity contribution in [2.24, 2.45) is 0 Å². The molecule has 1 rings (SSSR count). The summed E-state index contributed by atoms with van der Waals surface area (Å²) in [6.45, 7) is 9.92. The highest BCUT2D eigenvalue weighted by Crippen LogP contribution is 2.36. The Bertz CT molecular complexity index is 311. The van der Waals surface area contributed by atoms with Crippen molar-refractivity contribution < 1.29 is 20.2 Å². The molecular weight excluding hydrogens is 282 g/mol. The molecule has 1 heterocycles. The molecule has 5 heteroatoms. The minimum atomic E-state index is -0.670. The number of hydroxylamine groups is 2. The average molecular weight is 317 g/mol. The zero-order valence-electron chi connectivity index (χ0n) is 14.9. The van der Waals surface area contributed by atoms with Crippen molar-refractivity contribution in [3.63, 3.8) is 0 Å². The van der Waals surface area contributed by atoms with Gasteiger partial charge in [0.15, 0.2) is 0 Å². The summed E-state index contributed by atoms with van der Waals surface area (Å²) in [6, 6.07) is 0. The van der Waals surface area contributed by atoms with E-state index in [2.05, 4.69) is 6.92 Å². The summed E-state index contributed by atoms with van der Waals surface area (Å²) in [5.41, 5.74) is -0.637. The van der Waals surface area contributed by atoms with Crippen LogP contribution in [0.4, 0.5) is 0 Å². The first-order chi connectivity index (χ1) is 10.0. The number of carboxylic acids is 1. The molecule has 0 saturated carbocycles. The Labute approximate surface area is 135 Å². The van der Waals surface area contributed by atoms with Crippen LogP contribution in [0.2, 0.25) is 0 Å². The lowest BCUT2D eigenvalue weighted by Gasteiger charge is -2.50. The first kappa shape index (κ1) is 21.4. The molecule has 1 aliphatic rings. The molecule has 1 aliphatic heterocycles. The Balaban J connectivity index is 0.000000409. The molecule has 0 unspecified atom stereocenters. The Morgan fingerprint density at radius 1 is 1.05 bits per heavy atom. The third-order valence-electron chi connectivity index (χ3n) is 4.11. The molecule has 0 aliphatic carbocycles. The van der Waals surface area contributed by atoms with Crippen molar-refractivity contribution in [2.75, 3.05) is 0 Å². The van der Waals surface area contributed by atoms with Gasteiger partial charge in [0.1, 0.15) is 0 Å². The summed E-state index contributed by atoms with van der Waals surface area (Å²) in [6.07, 6.45) is 6.86. The van der Waals surface area contributed by atoms with Crippen LogP contribution >= 0.6 is 0 Å². The molecule has 0 aromatic heterocycles. The van der Waals surface area contributed by atoms with Gasteiger partial charge in [-0.15, -0.1) is 0 Å².